The molecule has 1 atom stereocenters. The minimum absolute atomic E-state index is 0.167. The van der Waals surface area contributed by atoms with E-state index in [2.05, 4.69) is 0 Å². The number of rotatable bonds is 3. The summed E-state index contributed by atoms with van der Waals surface area (Å²) in [5, 5.41) is 0.838. The van der Waals surface area contributed by atoms with Crippen molar-refractivity contribution in [1.29, 1.82) is 0 Å². The van der Waals surface area contributed by atoms with Gasteiger partial charge in [-0.15, -0.1) is 11.3 Å². The number of carbonyl (C=O) groups excluding carboxylic acids is 2. The monoisotopic (exact) mass is 369 g/mol. The number of carbonyl (C=O) groups is 2. The van der Waals surface area contributed by atoms with Gasteiger partial charge in [0, 0.05) is 22.7 Å². The van der Waals surface area contributed by atoms with Gasteiger partial charge in [0.1, 0.15) is 10.7 Å². The number of amides is 1. The fourth-order valence-corrected chi connectivity index (χ4v) is 4.34. The third kappa shape index (κ3) is 3.39. The smallest absolute Gasteiger partial charge is 0.350 e. The Labute approximate surface area is 148 Å². The summed E-state index contributed by atoms with van der Waals surface area (Å²) in [6, 6.07) is 4.31. The number of benzene rings is 1. The van der Waals surface area contributed by atoms with E-state index in [-0.39, 0.29) is 28.5 Å². The molecule has 0 unspecified atom stereocenters. The average molecular weight is 370 g/mol. The van der Waals surface area contributed by atoms with Crippen LogP contribution < -0.4 is 0 Å². The second kappa shape index (κ2) is 7.07. The van der Waals surface area contributed by atoms with E-state index in [4.69, 9.17) is 16.3 Å². The average Bonchev–Trinajstić information content (AvgIpc) is 2.89. The molecule has 0 aliphatic carbocycles. The van der Waals surface area contributed by atoms with Gasteiger partial charge in [-0.25, -0.2) is 9.18 Å². The lowest BCUT2D eigenvalue weighted by molar-refractivity contribution is -0.137. The van der Waals surface area contributed by atoms with Crippen LogP contribution in [0.5, 0.6) is 0 Å². The highest BCUT2D eigenvalue weighted by atomic mass is 35.5. The van der Waals surface area contributed by atoms with Crippen LogP contribution in [0.1, 0.15) is 35.9 Å². The highest BCUT2D eigenvalue weighted by Crippen LogP contribution is 2.36. The van der Waals surface area contributed by atoms with Gasteiger partial charge in [0.2, 0.25) is 0 Å². The van der Waals surface area contributed by atoms with Crippen LogP contribution in [-0.4, -0.2) is 36.0 Å². The number of likely N-dealkylation sites (tertiary alicyclic amines) is 1. The first-order valence-electron chi connectivity index (χ1n) is 7.81. The Kier molecular flexibility index (Phi) is 5.06. The second-order valence-electron chi connectivity index (χ2n) is 5.89. The van der Waals surface area contributed by atoms with Gasteiger partial charge >= 0.3 is 5.97 Å². The van der Waals surface area contributed by atoms with E-state index in [9.17, 15) is 14.0 Å². The molecule has 7 heteroatoms. The molecular weight excluding hydrogens is 353 g/mol. The second-order valence-corrected chi connectivity index (χ2v) is 7.32. The van der Waals surface area contributed by atoms with Gasteiger partial charge < -0.3 is 9.64 Å². The number of nitrogens with zero attached hydrogens (tertiary/aromatic N) is 1. The highest BCUT2D eigenvalue weighted by Gasteiger charge is 2.25. The van der Waals surface area contributed by atoms with Crippen LogP contribution in [0.4, 0.5) is 4.39 Å². The normalized spacial score (nSPS) is 18.0. The largest absolute Gasteiger partial charge is 0.451 e. The van der Waals surface area contributed by atoms with E-state index in [1.807, 2.05) is 6.92 Å². The van der Waals surface area contributed by atoms with E-state index in [1.165, 1.54) is 18.2 Å². The molecule has 1 saturated heterocycles. The van der Waals surface area contributed by atoms with Gasteiger partial charge in [-0.1, -0.05) is 11.6 Å². The zero-order valence-corrected chi connectivity index (χ0v) is 14.8. The fraction of sp³-hybridized carbons (Fsp3) is 0.412. The number of hydrogen-bond donors (Lipinski definition) is 0. The lowest BCUT2D eigenvalue weighted by Gasteiger charge is -2.33. The van der Waals surface area contributed by atoms with Gasteiger partial charge in [-0.05, 0) is 44.4 Å². The van der Waals surface area contributed by atoms with Crippen molar-refractivity contribution in [2.75, 3.05) is 13.2 Å². The number of ether oxygens (including phenoxy) is 1. The molecule has 1 aromatic heterocycles. The van der Waals surface area contributed by atoms with Crippen LogP contribution in [0.2, 0.25) is 5.02 Å². The van der Waals surface area contributed by atoms with E-state index in [1.54, 1.807) is 4.90 Å². The first kappa shape index (κ1) is 17.2. The summed E-state index contributed by atoms with van der Waals surface area (Å²) in [4.78, 5) is 26.4. The van der Waals surface area contributed by atoms with Crippen LogP contribution in [0.3, 0.4) is 0 Å². The topological polar surface area (TPSA) is 46.6 Å². The Balaban J connectivity index is 1.69. The van der Waals surface area contributed by atoms with Gasteiger partial charge in [-0.3, -0.25) is 4.79 Å². The van der Waals surface area contributed by atoms with Crippen molar-refractivity contribution in [3.8, 4) is 0 Å². The van der Waals surface area contributed by atoms with Gasteiger partial charge in [0.25, 0.3) is 5.91 Å². The van der Waals surface area contributed by atoms with Crippen molar-refractivity contribution in [3.63, 3.8) is 0 Å². The summed E-state index contributed by atoms with van der Waals surface area (Å²) in [6.45, 7) is 2.39. The number of halogens is 2. The molecule has 2 heterocycles. The Hall–Kier alpha value is -1.66. The third-order valence-electron chi connectivity index (χ3n) is 4.23. The molecule has 128 valence electrons. The van der Waals surface area contributed by atoms with Crippen molar-refractivity contribution in [1.82, 2.24) is 4.90 Å². The molecule has 4 nitrogen and oxygen atoms in total. The van der Waals surface area contributed by atoms with Crippen LogP contribution in [-0.2, 0) is 9.53 Å². The van der Waals surface area contributed by atoms with E-state index in [0.717, 1.165) is 30.6 Å². The summed E-state index contributed by atoms with van der Waals surface area (Å²) in [5.74, 6) is -1.24. The lowest BCUT2D eigenvalue weighted by Crippen LogP contribution is -2.44. The first-order valence-corrected chi connectivity index (χ1v) is 9.01. The minimum atomic E-state index is -0.653. The summed E-state index contributed by atoms with van der Waals surface area (Å²) < 4.78 is 19.0. The van der Waals surface area contributed by atoms with Crippen molar-refractivity contribution in [2.24, 2.45) is 0 Å². The Bertz CT molecular complexity index is 791. The summed E-state index contributed by atoms with van der Waals surface area (Å²) in [6.07, 6.45) is 3.05. The molecule has 1 fully saturated rings. The molecule has 24 heavy (non-hydrogen) atoms. The van der Waals surface area contributed by atoms with E-state index >= 15 is 0 Å². The Morgan fingerprint density at radius 1 is 1.42 bits per heavy atom. The first-order chi connectivity index (χ1) is 11.5. The molecule has 0 N–H and O–H groups in total. The maximum Gasteiger partial charge on any atom is 0.350 e. The number of esters is 1. The standard InChI is InChI=1S/C17H17ClFNO3S/c1-10-4-2-3-7-20(10)14(21)9-23-17(22)16-15(18)12-6-5-11(19)8-13(12)24-16/h5-6,8,10H,2-4,7,9H2,1H3/t10-/m0/s1. The van der Waals surface area contributed by atoms with Gasteiger partial charge in [-0.2, -0.15) is 0 Å². The molecule has 0 spiro atoms. The molecule has 2 aromatic rings. The van der Waals surface area contributed by atoms with Gasteiger partial charge in [0.15, 0.2) is 6.61 Å². The molecule has 3 rings (SSSR count). The quantitative estimate of drug-likeness (QED) is 0.760. The summed E-state index contributed by atoms with van der Waals surface area (Å²) >= 11 is 7.25. The molecule has 1 amide bonds. The third-order valence-corrected chi connectivity index (χ3v) is 5.86. The Morgan fingerprint density at radius 3 is 2.96 bits per heavy atom. The minimum Gasteiger partial charge on any atom is -0.451 e. The van der Waals surface area contributed by atoms with Crippen molar-refractivity contribution >= 4 is 44.9 Å². The van der Waals surface area contributed by atoms with Crippen LogP contribution in [0.15, 0.2) is 18.2 Å². The molecule has 1 aliphatic rings. The number of thiophene rings is 1. The molecule has 1 aliphatic heterocycles. The molecule has 1 aromatic carbocycles. The van der Waals surface area contributed by atoms with Crippen molar-refractivity contribution < 1.29 is 18.7 Å². The van der Waals surface area contributed by atoms with Crippen LogP contribution in [0, 0.1) is 5.82 Å². The van der Waals surface area contributed by atoms with Gasteiger partial charge in [0.05, 0.1) is 5.02 Å². The molecular formula is C17H17ClFNO3S. The predicted molar refractivity (Wildman–Crippen MR) is 92.1 cm³/mol. The zero-order valence-electron chi connectivity index (χ0n) is 13.2. The fourth-order valence-electron chi connectivity index (χ4n) is 2.91. The van der Waals surface area contributed by atoms with Crippen molar-refractivity contribution in [2.45, 2.75) is 32.2 Å². The highest BCUT2D eigenvalue weighted by molar-refractivity contribution is 7.21. The van der Waals surface area contributed by atoms with Crippen LogP contribution in [0.25, 0.3) is 10.1 Å². The summed E-state index contributed by atoms with van der Waals surface area (Å²) in [7, 11) is 0. The number of fused-ring (bicyclic) bond motifs is 1. The molecule has 0 saturated carbocycles. The number of hydrogen-bond acceptors (Lipinski definition) is 4. The lowest BCUT2D eigenvalue weighted by atomic mass is 10.0. The maximum atomic E-state index is 13.3. The maximum absolute atomic E-state index is 13.3. The van der Waals surface area contributed by atoms with Crippen LogP contribution >= 0.6 is 22.9 Å². The zero-order chi connectivity index (χ0) is 17.3. The SMILES string of the molecule is C[C@H]1CCCCN1C(=O)COC(=O)c1sc2cc(F)ccc2c1Cl. The van der Waals surface area contributed by atoms with E-state index in [0.29, 0.717) is 16.6 Å². The summed E-state index contributed by atoms with van der Waals surface area (Å²) in [5.41, 5.74) is 0. The molecule has 0 radical (unpaired) electrons. The van der Waals surface area contributed by atoms with E-state index < -0.39 is 11.8 Å². The predicted octanol–water partition coefficient (Wildman–Crippen LogP) is 4.25. The van der Waals surface area contributed by atoms with Crippen molar-refractivity contribution in [3.05, 3.63) is 33.9 Å². The molecule has 0 bridgehead atoms. The Morgan fingerprint density at radius 2 is 2.21 bits per heavy atom. The number of piperidine rings is 1.